The van der Waals surface area contributed by atoms with Crippen LogP contribution in [0.3, 0.4) is 0 Å². The van der Waals surface area contributed by atoms with Gasteiger partial charge >= 0.3 is 0 Å². The molecule has 0 aliphatic rings. The Morgan fingerprint density at radius 1 is 1.50 bits per heavy atom. The second-order valence-electron chi connectivity index (χ2n) is 1.89. The fourth-order valence-corrected chi connectivity index (χ4v) is 0.800. The number of fused-ring (bicyclic) bond motifs is 1. The molecule has 4 nitrogen and oxygen atoms in total. The van der Waals surface area contributed by atoms with E-state index in [4.69, 9.17) is 9.83 Å². The van der Waals surface area contributed by atoms with Crippen LogP contribution in [-0.2, 0) is 0 Å². The largest absolute Gasteiger partial charge is 0.446 e. The number of hydrogen-bond acceptors (Lipinski definition) is 3. The first-order chi connectivity index (χ1) is 4.88. The Labute approximate surface area is 56.2 Å². The van der Waals surface area contributed by atoms with Gasteiger partial charge in [0, 0.05) is 12.1 Å². The highest BCUT2D eigenvalue weighted by molar-refractivity contribution is 5.29. The normalized spacial score (nSPS) is 10.4. The van der Waals surface area contributed by atoms with Crippen LogP contribution >= 0.6 is 0 Å². The lowest BCUT2D eigenvalue weighted by Crippen LogP contribution is -2.10. The van der Waals surface area contributed by atoms with Crippen LogP contribution in [0.5, 0.6) is 0 Å². The third kappa shape index (κ3) is 0.556. The first kappa shape index (κ1) is 5.22. The number of nitrogens with zero attached hydrogens (tertiary/aromatic N) is 2. The molecule has 0 spiro atoms. The van der Waals surface area contributed by atoms with Gasteiger partial charge in [-0.3, -0.25) is 5.41 Å². The molecule has 2 rings (SSSR count). The minimum absolute atomic E-state index is 0.325. The van der Waals surface area contributed by atoms with Gasteiger partial charge in [0.1, 0.15) is 0 Å². The van der Waals surface area contributed by atoms with E-state index in [1.165, 1.54) is 10.8 Å². The molecular weight excluding hydrogens is 130 g/mol. The number of aromatic nitrogens is 2. The Balaban J connectivity index is 3.09. The zero-order valence-electron chi connectivity index (χ0n) is 5.11. The van der Waals surface area contributed by atoms with E-state index in [-0.39, 0.29) is 0 Å². The van der Waals surface area contributed by atoms with Gasteiger partial charge in [0.05, 0.1) is 12.5 Å². The molecular formula is C6H5N3O. The van der Waals surface area contributed by atoms with Gasteiger partial charge in [-0.05, 0) is 0 Å². The Morgan fingerprint density at radius 2 is 2.40 bits per heavy atom. The molecule has 4 heteroatoms. The molecule has 2 aromatic rings. The molecule has 50 valence electrons. The summed E-state index contributed by atoms with van der Waals surface area (Å²) in [7, 11) is 0. The van der Waals surface area contributed by atoms with E-state index in [1.54, 1.807) is 18.3 Å². The highest BCUT2D eigenvalue weighted by Gasteiger charge is 1.92. The van der Waals surface area contributed by atoms with Crippen LogP contribution < -0.4 is 5.49 Å². The molecule has 0 amide bonds. The second-order valence-corrected chi connectivity index (χ2v) is 1.89. The van der Waals surface area contributed by atoms with Crippen LogP contribution in [0.4, 0.5) is 0 Å². The minimum Gasteiger partial charge on any atom is -0.446 e. The Morgan fingerprint density at radius 3 is 3.20 bits per heavy atom. The predicted octanol–water partition coefficient (Wildman–Crippen LogP) is 0.407. The third-order valence-corrected chi connectivity index (χ3v) is 1.25. The van der Waals surface area contributed by atoms with E-state index in [9.17, 15) is 0 Å². The van der Waals surface area contributed by atoms with Crippen molar-refractivity contribution < 1.29 is 4.42 Å². The van der Waals surface area contributed by atoms with Crippen molar-refractivity contribution >= 4 is 5.71 Å². The van der Waals surface area contributed by atoms with E-state index in [2.05, 4.69) is 5.10 Å². The number of nitrogens with one attached hydrogen (secondary N) is 1. The van der Waals surface area contributed by atoms with Gasteiger partial charge in [-0.2, -0.15) is 9.61 Å². The Hall–Kier alpha value is -1.58. The average molecular weight is 135 g/mol. The molecule has 10 heavy (non-hydrogen) atoms. The maximum absolute atomic E-state index is 7.32. The summed E-state index contributed by atoms with van der Waals surface area (Å²) in [4.78, 5) is 0. The summed E-state index contributed by atoms with van der Waals surface area (Å²) in [5.74, 6) is 0. The molecule has 1 N–H and O–H groups in total. The van der Waals surface area contributed by atoms with Crippen molar-refractivity contribution in [1.29, 1.82) is 5.41 Å². The first-order valence-electron chi connectivity index (χ1n) is 2.84. The molecule has 0 aliphatic heterocycles. The van der Waals surface area contributed by atoms with Crippen molar-refractivity contribution in [3.63, 3.8) is 0 Å². The smallest absolute Gasteiger partial charge is 0.223 e. The van der Waals surface area contributed by atoms with Gasteiger partial charge in [-0.15, -0.1) is 0 Å². The SMILES string of the molecule is N=c1ccoc2ccnn12. The van der Waals surface area contributed by atoms with Crippen LogP contribution in [-0.4, -0.2) is 9.61 Å². The summed E-state index contributed by atoms with van der Waals surface area (Å²) >= 11 is 0. The van der Waals surface area contributed by atoms with Crippen LogP contribution in [0.25, 0.3) is 5.71 Å². The highest BCUT2D eigenvalue weighted by atomic mass is 16.3. The van der Waals surface area contributed by atoms with Crippen molar-refractivity contribution in [3.8, 4) is 0 Å². The van der Waals surface area contributed by atoms with Crippen molar-refractivity contribution in [1.82, 2.24) is 9.61 Å². The fourth-order valence-electron chi connectivity index (χ4n) is 0.800. The van der Waals surface area contributed by atoms with Crippen LogP contribution in [0.15, 0.2) is 29.0 Å². The third-order valence-electron chi connectivity index (χ3n) is 1.25. The summed E-state index contributed by atoms with van der Waals surface area (Å²) in [6, 6.07) is 3.25. The van der Waals surface area contributed by atoms with Gasteiger partial charge in [0.2, 0.25) is 5.71 Å². The van der Waals surface area contributed by atoms with E-state index in [0.29, 0.717) is 11.2 Å². The summed E-state index contributed by atoms with van der Waals surface area (Å²) in [5, 5.41) is 11.2. The molecule has 0 bridgehead atoms. The molecule has 0 aromatic carbocycles. The minimum atomic E-state index is 0.325. The summed E-state index contributed by atoms with van der Waals surface area (Å²) < 4.78 is 6.43. The van der Waals surface area contributed by atoms with Crippen LogP contribution in [0.2, 0.25) is 0 Å². The van der Waals surface area contributed by atoms with E-state index in [1.807, 2.05) is 0 Å². The van der Waals surface area contributed by atoms with Gasteiger partial charge in [0.25, 0.3) is 0 Å². The maximum Gasteiger partial charge on any atom is 0.223 e. The van der Waals surface area contributed by atoms with E-state index in [0.717, 1.165) is 0 Å². The zero-order chi connectivity index (χ0) is 6.97. The summed E-state index contributed by atoms with van der Waals surface area (Å²) in [6.07, 6.45) is 3.07. The molecule has 0 unspecified atom stereocenters. The highest BCUT2D eigenvalue weighted by Crippen LogP contribution is 1.94. The van der Waals surface area contributed by atoms with Gasteiger partial charge in [0.15, 0.2) is 5.49 Å². The molecule has 0 aliphatic carbocycles. The molecule has 0 atom stereocenters. The second kappa shape index (κ2) is 1.70. The molecule has 0 radical (unpaired) electrons. The summed E-state index contributed by atoms with van der Waals surface area (Å²) in [6.45, 7) is 0. The quantitative estimate of drug-likeness (QED) is 0.568. The Kier molecular flexibility index (Phi) is 0.887. The van der Waals surface area contributed by atoms with Crippen LogP contribution in [0.1, 0.15) is 0 Å². The van der Waals surface area contributed by atoms with Gasteiger partial charge < -0.3 is 4.42 Å². The number of hydrogen-bond donors (Lipinski definition) is 1. The van der Waals surface area contributed by atoms with E-state index < -0.39 is 0 Å². The standard InChI is InChI=1S/C6H5N3O/c7-5-2-4-10-6-1-3-8-9(5)6/h1-4,7H. The Bertz CT molecular complexity index is 400. The molecule has 2 heterocycles. The van der Waals surface area contributed by atoms with Gasteiger partial charge in [-0.25, -0.2) is 0 Å². The predicted molar refractivity (Wildman–Crippen MR) is 33.3 cm³/mol. The lowest BCUT2D eigenvalue weighted by molar-refractivity contribution is 0.558. The topological polar surface area (TPSA) is 54.3 Å². The van der Waals surface area contributed by atoms with Crippen molar-refractivity contribution in [2.45, 2.75) is 0 Å². The van der Waals surface area contributed by atoms with Crippen molar-refractivity contribution in [2.75, 3.05) is 0 Å². The first-order valence-corrected chi connectivity index (χ1v) is 2.84. The monoisotopic (exact) mass is 135 g/mol. The fraction of sp³-hybridized carbons (Fsp3) is 0. The average Bonchev–Trinajstić information content (AvgIpc) is 2.36. The van der Waals surface area contributed by atoms with Crippen molar-refractivity contribution in [2.24, 2.45) is 0 Å². The maximum atomic E-state index is 7.32. The summed E-state index contributed by atoms with van der Waals surface area (Å²) in [5.41, 5.74) is 0.916. The van der Waals surface area contributed by atoms with E-state index >= 15 is 0 Å². The number of rotatable bonds is 0. The molecule has 0 saturated carbocycles. The molecule has 2 aromatic heterocycles. The van der Waals surface area contributed by atoms with Crippen molar-refractivity contribution in [3.05, 3.63) is 30.1 Å². The molecule has 0 fully saturated rings. The van der Waals surface area contributed by atoms with Crippen LogP contribution in [0, 0.1) is 5.41 Å². The van der Waals surface area contributed by atoms with Gasteiger partial charge in [-0.1, -0.05) is 0 Å². The lowest BCUT2D eigenvalue weighted by Gasteiger charge is -1.88. The molecule has 0 saturated heterocycles. The zero-order valence-corrected chi connectivity index (χ0v) is 5.11. The lowest BCUT2D eigenvalue weighted by atomic mass is 10.6.